The third-order valence-corrected chi connectivity index (χ3v) is 6.45. The van der Waals surface area contributed by atoms with Crippen LogP contribution in [-0.4, -0.2) is 47.8 Å². The van der Waals surface area contributed by atoms with E-state index in [1.165, 1.54) is 5.56 Å². The van der Waals surface area contributed by atoms with Crippen LogP contribution < -0.4 is 14.4 Å². The van der Waals surface area contributed by atoms with Crippen molar-refractivity contribution < 1.29 is 9.47 Å². The zero-order chi connectivity index (χ0) is 22.2. The van der Waals surface area contributed by atoms with Gasteiger partial charge in [-0.05, 0) is 54.1 Å². The Bertz CT molecular complexity index is 1300. The molecule has 4 aromatic rings. The van der Waals surface area contributed by atoms with E-state index in [0.717, 1.165) is 72.3 Å². The van der Waals surface area contributed by atoms with E-state index in [1.54, 1.807) is 0 Å². The fourth-order valence-corrected chi connectivity index (χ4v) is 4.57. The summed E-state index contributed by atoms with van der Waals surface area (Å²) in [4.78, 5) is 14.7. The van der Waals surface area contributed by atoms with Crippen molar-refractivity contribution in [1.29, 1.82) is 0 Å². The maximum atomic E-state index is 6.08. The molecule has 166 valence electrons. The highest BCUT2D eigenvalue weighted by molar-refractivity contribution is 6.30. The van der Waals surface area contributed by atoms with E-state index in [-0.39, 0.29) is 0 Å². The standard InChI is InChI=1S/C26H23ClN4O2/c27-20-8-6-19(7-9-20)25-28-22-4-2-1-3-21(22)26(29-25)31-13-11-30(12-14-31)16-18-5-10-23-24(15-18)33-17-32-23/h1-10,15H,11-14,16-17H2. The van der Waals surface area contributed by atoms with Gasteiger partial charge in [-0.3, -0.25) is 4.90 Å². The number of fused-ring (bicyclic) bond motifs is 2. The topological polar surface area (TPSA) is 50.7 Å². The van der Waals surface area contributed by atoms with Gasteiger partial charge in [-0.2, -0.15) is 0 Å². The van der Waals surface area contributed by atoms with Crippen LogP contribution in [0.1, 0.15) is 5.56 Å². The number of nitrogens with zero attached hydrogens (tertiary/aromatic N) is 4. The minimum atomic E-state index is 0.308. The van der Waals surface area contributed by atoms with Gasteiger partial charge in [-0.25, -0.2) is 9.97 Å². The zero-order valence-corrected chi connectivity index (χ0v) is 18.8. The lowest BCUT2D eigenvalue weighted by atomic mass is 10.1. The molecule has 7 heteroatoms. The van der Waals surface area contributed by atoms with Gasteiger partial charge in [-0.15, -0.1) is 0 Å². The molecule has 0 radical (unpaired) electrons. The molecule has 6 nitrogen and oxygen atoms in total. The van der Waals surface area contributed by atoms with E-state index in [9.17, 15) is 0 Å². The molecule has 1 aromatic heterocycles. The quantitative estimate of drug-likeness (QED) is 0.429. The highest BCUT2D eigenvalue weighted by atomic mass is 35.5. The number of piperazine rings is 1. The van der Waals surface area contributed by atoms with Crippen LogP contribution in [0, 0.1) is 0 Å². The highest BCUT2D eigenvalue weighted by Gasteiger charge is 2.22. The fraction of sp³-hybridized carbons (Fsp3) is 0.231. The van der Waals surface area contributed by atoms with Crippen LogP contribution in [0.4, 0.5) is 5.82 Å². The summed E-state index contributed by atoms with van der Waals surface area (Å²) in [5.74, 6) is 3.39. The van der Waals surface area contributed by atoms with E-state index in [0.29, 0.717) is 11.8 Å². The Morgan fingerprint density at radius 1 is 0.818 bits per heavy atom. The largest absolute Gasteiger partial charge is 0.454 e. The molecule has 0 aliphatic carbocycles. The Hall–Kier alpha value is -3.35. The Labute approximate surface area is 197 Å². The van der Waals surface area contributed by atoms with Gasteiger partial charge in [0, 0.05) is 48.7 Å². The summed E-state index contributed by atoms with van der Waals surface area (Å²) in [5, 5.41) is 1.79. The fourth-order valence-electron chi connectivity index (χ4n) is 4.44. The number of hydrogen-bond acceptors (Lipinski definition) is 6. The first-order valence-electron chi connectivity index (χ1n) is 11.1. The number of ether oxygens (including phenoxy) is 2. The molecule has 2 aliphatic rings. The number of rotatable bonds is 4. The van der Waals surface area contributed by atoms with Crippen molar-refractivity contribution in [2.24, 2.45) is 0 Å². The first-order valence-corrected chi connectivity index (χ1v) is 11.5. The second kappa shape index (κ2) is 8.54. The first-order chi connectivity index (χ1) is 16.2. The normalized spacial score (nSPS) is 15.8. The molecule has 0 saturated carbocycles. The minimum absolute atomic E-state index is 0.308. The maximum absolute atomic E-state index is 6.08. The molecule has 1 fully saturated rings. The molecular weight excluding hydrogens is 436 g/mol. The number of halogens is 1. The Kier molecular flexibility index (Phi) is 5.24. The van der Waals surface area contributed by atoms with Gasteiger partial charge in [0.25, 0.3) is 0 Å². The number of aromatic nitrogens is 2. The van der Waals surface area contributed by atoms with Gasteiger partial charge in [-0.1, -0.05) is 29.8 Å². The molecule has 3 heterocycles. The molecular formula is C26H23ClN4O2. The molecule has 0 atom stereocenters. The Morgan fingerprint density at radius 2 is 1.61 bits per heavy atom. The van der Waals surface area contributed by atoms with Crippen molar-refractivity contribution in [3.63, 3.8) is 0 Å². The van der Waals surface area contributed by atoms with Gasteiger partial charge in [0.15, 0.2) is 17.3 Å². The second-order valence-electron chi connectivity index (χ2n) is 8.35. The van der Waals surface area contributed by atoms with E-state index in [1.807, 2.05) is 42.5 Å². The van der Waals surface area contributed by atoms with Gasteiger partial charge in [0.1, 0.15) is 5.82 Å². The summed E-state index contributed by atoms with van der Waals surface area (Å²) in [6.07, 6.45) is 0. The molecule has 1 saturated heterocycles. The second-order valence-corrected chi connectivity index (χ2v) is 8.78. The SMILES string of the molecule is Clc1ccc(-c2nc(N3CCN(Cc4ccc5c(c4)OCO5)CC3)c3ccccc3n2)cc1. The number of hydrogen-bond donors (Lipinski definition) is 0. The summed E-state index contributed by atoms with van der Waals surface area (Å²) >= 11 is 6.08. The predicted molar refractivity (Wildman–Crippen MR) is 130 cm³/mol. The van der Waals surface area contributed by atoms with Crippen LogP contribution in [0.3, 0.4) is 0 Å². The van der Waals surface area contributed by atoms with Crippen molar-refractivity contribution in [2.75, 3.05) is 37.9 Å². The molecule has 0 spiro atoms. The summed E-state index contributed by atoms with van der Waals surface area (Å²) in [7, 11) is 0. The lowest BCUT2D eigenvalue weighted by molar-refractivity contribution is 0.174. The third kappa shape index (κ3) is 4.08. The molecule has 0 amide bonds. The Morgan fingerprint density at radius 3 is 2.45 bits per heavy atom. The monoisotopic (exact) mass is 458 g/mol. The number of benzene rings is 3. The summed E-state index contributed by atoms with van der Waals surface area (Å²) in [5.41, 5.74) is 3.16. The van der Waals surface area contributed by atoms with Crippen molar-refractivity contribution in [3.8, 4) is 22.9 Å². The number of anilines is 1. The average molecular weight is 459 g/mol. The van der Waals surface area contributed by atoms with Gasteiger partial charge >= 0.3 is 0 Å². The molecule has 0 unspecified atom stereocenters. The van der Waals surface area contributed by atoms with Gasteiger partial charge in [0.05, 0.1) is 5.52 Å². The van der Waals surface area contributed by atoms with E-state index in [2.05, 4.69) is 34.1 Å². The van der Waals surface area contributed by atoms with Crippen LogP contribution >= 0.6 is 11.6 Å². The lowest BCUT2D eigenvalue weighted by Crippen LogP contribution is -2.46. The zero-order valence-electron chi connectivity index (χ0n) is 18.1. The van der Waals surface area contributed by atoms with E-state index in [4.69, 9.17) is 31.0 Å². The van der Waals surface area contributed by atoms with Gasteiger partial charge < -0.3 is 14.4 Å². The van der Waals surface area contributed by atoms with Crippen LogP contribution in [-0.2, 0) is 6.54 Å². The highest BCUT2D eigenvalue weighted by Crippen LogP contribution is 2.33. The molecule has 3 aromatic carbocycles. The summed E-state index contributed by atoms with van der Waals surface area (Å²) < 4.78 is 11.0. The maximum Gasteiger partial charge on any atom is 0.231 e. The minimum Gasteiger partial charge on any atom is -0.454 e. The molecule has 6 rings (SSSR count). The van der Waals surface area contributed by atoms with Crippen molar-refractivity contribution in [2.45, 2.75) is 6.54 Å². The molecule has 33 heavy (non-hydrogen) atoms. The van der Waals surface area contributed by atoms with E-state index >= 15 is 0 Å². The third-order valence-electron chi connectivity index (χ3n) is 6.20. The van der Waals surface area contributed by atoms with Crippen LogP contribution in [0.25, 0.3) is 22.3 Å². The summed E-state index contributed by atoms with van der Waals surface area (Å²) in [6, 6.07) is 22.1. The van der Waals surface area contributed by atoms with Crippen LogP contribution in [0.2, 0.25) is 5.02 Å². The number of para-hydroxylation sites is 1. The molecule has 0 bridgehead atoms. The van der Waals surface area contributed by atoms with Crippen molar-refractivity contribution >= 4 is 28.3 Å². The lowest BCUT2D eigenvalue weighted by Gasteiger charge is -2.36. The Balaban J connectivity index is 1.23. The average Bonchev–Trinajstić information content (AvgIpc) is 3.32. The van der Waals surface area contributed by atoms with Crippen molar-refractivity contribution in [1.82, 2.24) is 14.9 Å². The smallest absolute Gasteiger partial charge is 0.231 e. The van der Waals surface area contributed by atoms with Crippen LogP contribution in [0.5, 0.6) is 11.5 Å². The first kappa shape index (κ1) is 20.3. The summed E-state index contributed by atoms with van der Waals surface area (Å²) in [6.45, 7) is 4.94. The van der Waals surface area contributed by atoms with Crippen molar-refractivity contribution in [3.05, 3.63) is 77.3 Å². The van der Waals surface area contributed by atoms with E-state index < -0.39 is 0 Å². The predicted octanol–water partition coefficient (Wildman–Crippen LogP) is 5.00. The molecule has 0 N–H and O–H groups in total. The molecule has 2 aliphatic heterocycles. The van der Waals surface area contributed by atoms with Gasteiger partial charge in [0.2, 0.25) is 6.79 Å². The van der Waals surface area contributed by atoms with Crippen LogP contribution in [0.15, 0.2) is 66.7 Å².